The Hall–Kier alpha value is -2.37. The zero-order valence-electron chi connectivity index (χ0n) is 18.4. The van der Waals surface area contributed by atoms with E-state index in [1.165, 1.54) is 4.31 Å². The summed E-state index contributed by atoms with van der Waals surface area (Å²) < 4.78 is 34.5. The Morgan fingerprint density at radius 2 is 1.84 bits per heavy atom. The molecule has 1 aliphatic heterocycles. The molecule has 0 aromatic heterocycles. The number of likely N-dealkylation sites (N-methyl/N-ethyl adjacent to an activating group) is 1. The highest BCUT2D eigenvalue weighted by Gasteiger charge is 2.37. The molecule has 7 heteroatoms. The summed E-state index contributed by atoms with van der Waals surface area (Å²) in [6.07, 6.45) is -0.213. The van der Waals surface area contributed by atoms with Gasteiger partial charge in [-0.05, 0) is 51.4 Å². The van der Waals surface area contributed by atoms with Crippen LogP contribution in [0.1, 0.15) is 25.0 Å². The fourth-order valence-electron chi connectivity index (χ4n) is 3.55. The number of hydrogen-bond acceptors (Lipinski definition) is 5. The number of rotatable bonds is 4. The molecule has 2 aromatic carbocycles. The summed E-state index contributed by atoms with van der Waals surface area (Å²) in [4.78, 5) is 2.13. The van der Waals surface area contributed by atoms with Gasteiger partial charge in [-0.15, -0.1) is 0 Å². The Balaban J connectivity index is 2.08. The second kappa shape index (κ2) is 9.84. The maximum atomic E-state index is 13.4. The second-order valence-corrected chi connectivity index (χ2v) is 10.1. The Morgan fingerprint density at radius 1 is 1.16 bits per heavy atom. The van der Waals surface area contributed by atoms with E-state index in [0.29, 0.717) is 17.9 Å². The third-order valence-electron chi connectivity index (χ3n) is 5.34. The van der Waals surface area contributed by atoms with Crippen LogP contribution in [0.4, 0.5) is 0 Å². The van der Waals surface area contributed by atoms with E-state index in [-0.39, 0.29) is 30.1 Å². The number of fused-ring (bicyclic) bond motifs is 1. The van der Waals surface area contributed by atoms with E-state index in [4.69, 9.17) is 4.74 Å². The van der Waals surface area contributed by atoms with Gasteiger partial charge in [0.2, 0.25) is 10.0 Å². The van der Waals surface area contributed by atoms with Crippen LogP contribution in [0.25, 0.3) is 0 Å². The molecule has 0 radical (unpaired) electrons. The van der Waals surface area contributed by atoms with Gasteiger partial charge in [-0.1, -0.05) is 37.0 Å². The molecule has 0 unspecified atom stereocenters. The van der Waals surface area contributed by atoms with Crippen LogP contribution in [0.2, 0.25) is 0 Å². The van der Waals surface area contributed by atoms with Crippen molar-refractivity contribution in [2.24, 2.45) is 5.92 Å². The van der Waals surface area contributed by atoms with Crippen LogP contribution in [-0.4, -0.2) is 68.7 Å². The quantitative estimate of drug-likeness (QED) is 0.737. The lowest BCUT2D eigenvalue weighted by Crippen LogP contribution is -2.49. The molecule has 1 aliphatic rings. The van der Waals surface area contributed by atoms with Crippen LogP contribution in [0.15, 0.2) is 53.4 Å². The van der Waals surface area contributed by atoms with Gasteiger partial charge in [-0.3, -0.25) is 0 Å². The molecule has 3 rings (SSSR count). The molecule has 0 bridgehead atoms. The Kier molecular flexibility index (Phi) is 7.39. The summed E-state index contributed by atoms with van der Waals surface area (Å²) in [6, 6.07) is 14.0. The lowest BCUT2D eigenvalue weighted by Gasteiger charge is -2.37. The first kappa shape index (κ1) is 23.3. The maximum absolute atomic E-state index is 13.4. The summed E-state index contributed by atoms with van der Waals surface area (Å²) >= 11 is 0. The van der Waals surface area contributed by atoms with Gasteiger partial charge in [0.1, 0.15) is 16.7 Å². The van der Waals surface area contributed by atoms with Gasteiger partial charge in [0.15, 0.2) is 0 Å². The summed E-state index contributed by atoms with van der Waals surface area (Å²) in [5.41, 5.74) is 1.56. The maximum Gasteiger partial charge on any atom is 0.247 e. The molecule has 0 saturated heterocycles. The molecule has 2 aromatic rings. The minimum atomic E-state index is -3.84. The summed E-state index contributed by atoms with van der Waals surface area (Å²) in [5.74, 6) is 6.42. The normalized spacial score (nSPS) is 21.7. The molecule has 0 spiro atoms. The standard InChI is InChI=1S/C24H30N2O4S/c1-18-15-26(19(2)17-27)31(28,29)24-13-12-21(11-10-20-8-6-5-7-9-20)14-22(24)30-23(18)16-25(3)4/h5-9,12-14,18-19,23,27H,15-17H2,1-4H3/t18-,19-,23-/m1/s1. The van der Waals surface area contributed by atoms with Crippen LogP contribution < -0.4 is 4.74 Å². The summed E-state index contributed by atoms with van der Waals surface area (Å²) in [5, 5.41) is 9.69. The molecular weight excluding hydrogens is 412 g/mol. The molecule has 166 valence electrons. The Bertz CT molecular complexity index is 1060. The van der Waals surface area contributed by atoms with E-state index in [9.17, 15) is 13.5 Å². The molecule has 0 amide bonds. The minimum absolute atomic E-state index is 0.0709. The Labute approximate surface area is 185 Å². The van der Waals surface area contributed by atoms with Crippen molar-refractivity contribution in [1.82, 2.24) is 9.21 Å². The first-order chi connectivity index (χ1) is 14.7. The first-order valence-corrected chi connectivity index (χ1v) is 11.8. The fraction of sp³-hybridized carbons (Fsp3) is 0.417. The topological polar surface area (TPSA) is 70.1 Å². The number of sulfonamides is 1. The van der Waals surface area contributed by atoms with Crippen molar-refractivity contribution >= 4 is 10.0 Å². The minimum Gasteiger partial charge on any atom is -0.487 e. The predicted octanol–water partition coefficient (Wildman–Crippen LogP) is 2.42. The summed E-state index contributed by atoms with van der Waals surface area (Å²) in [7, 11) is 0.0853. The Morgan fingerprint density at radius 3 is 2.48 bits per heavy atom. The van der Waals surface area contributed by atoms with Gasteiger partial charge in [-0.25, -0.2) is 8.42 Å². The lowest BCUT2D eigenvalue weighted by molar-refractivity contribution is 0.0812. The highest BCUT2D eigenvalue weighted by Crippen LogP contribution is 2.34. The van der Waals surface area contributed by atoms with Gasteiger partial charge in [0, 0.05) is 36.2 Å². The molecule has 31 heavy (non-hydrogen) atoms. The van der Waals surface area contributed by atoms with Crippen molar-refractivity contribution in [3.8, 4) is 17.6 Å². The van der Waals surface area contributed by atoms with Gasteiger partial charge in [0.05, 0.1) is 6.61 Å². The number of ether oxygens (including phenoxy) is 1. The molecule has 3 atom stereocenters. The SMILES string of the molecule is C[C@@H]1CN([C@H](C)CO)S(=O)(=O)c2ccc(C#Cc3ccccc3)cc2O[C@@H]1CN(C)C. The van der Waals surface area contributed by atoms with Gasteiger partial charge >= 0.3 is 0 Å². The van der Waals surface area contributed by atoms with Gasteiger partial charge in [0.25, 0.3) is 0 Å². The average molecular weight is 443 g/mol. The number of nitrogens with zero attached hydrogens (tertiary/aromatic N) is 2. The third kappa shape index (κ3) is 5.46. The van der Waals surface area contributed by atoms with Crippen molar-refractivity contribution in [2.75, 3.05) is 33.8 Å². The van der Waals surface area contributed by atoms with E-state index in [2.05, 4.69) is 11.8 Å². The zero-order chi connectivity index (χ0) is 22.6. The lowest BCUT2D eigenvalue weighted by atomic mass is 10.0. The van der Waals surface area contributed by atoms with E-state index in [0.717, 1.165) is 5.56 Å². The molecule has 6 nitrogen and oxygen atoms in total. The molecule has 0 saturated carbocycles. The highest BCUT2D eigenvalue weighted by molar-refractivity contribution is 7.89. The average Bonchev–Trinajstić information content (AvgIpc) is 2.74. The van der Waals surface area contributed by atoms with Crippen LogP contribution in [0.3, 0.4) is 0 Å². The smallest absolute Gasteiger partial charge is 0.247 e. The fourth-order valence-corrected chi connectivity index (χ4v) is 5.37. The van der Waals surface area contributed by atoms with Crippen molar-refractivity contribution in [3.05, 3.63) is 59.7 Å². The second-order valence-electron chi connectivity index (χ2n) is 8.28. The predicted molar refractivity (Wildman–Crippen MR) is 121 cm³/mol. The molecule has 1 N–H and O–H groups in total. The molecular formula is C24H30N2O4S. The van der Waals surface area contributed by atoms with Crippen molar-refractivity contribution in [1.29, 1.82) is 0 Å². The molecule has 1 heterocycles. The number of aliphatic hydroxyl groups excluding tert-OH is 1. The monoisotopic (exact) mass is 442 g/mol. The first-order valence-electron chi connectivity index (χ1n) is 10.4. The number of benzene rings is 2. The zero-order valence-corrected chi connectivity index (χ0v) is 19.3. The highest BCUT2D eigenvalue weighted by atomic mass is 32.2. The van der Waals surface area contributed by atoms with Crippen LogP contribution >= 0.6 is 0 Å². The van der Waals surface area contributed by atoms with Crippen molar-refractivity contribution in [2.45, 2.75) is 30.9 Å². The van der Waals surface area contributed by atoms with E-state index >= 15 is 0 Å². The van der Waals surface area contributed by atoms with Gasteiger partial charge in [-0.2, -0.15) is 4.31 Å². The number of hydrogen-bond donors (Lipinski definition) is 1. The largest absolute Gasteiger partial charge is 0.487 e. The van der Waals surface area contributed by atoms with Gasteiger partial charge < -0.3 is 14.7 Å². The van der Waals surface area contributed by atoms with Crippen molar-refractivity contribution < 1.29 is 18.3 Å². The van der Waals surface area contributed by atoms with E-state index in [1.54, 1.807) is 25.1 Å². The van der Waals surface area contributed by atoms with E-state index in [1.807, 2.05) is 56.3 Å². The van der Waals surface area contributed by atoms with Crippen LogP contribution in [0.5, 0.6) is 5.75 Å². The summed E-state index contributed by atoms with van der Waals surface area (Å²) in [6.45, 7) is 4.36. The van der Waals surface area contributed by atoms with E-state index < -0.39 is 16.1 Å². The van der Waals surface area contributed by atoms with Crippen molar-refractivity contribution in [3.63, 3.8) is 0 Å². The molecule has 0 fully saturated rings. The van der Waals surface area contributed by atoms with Crippen LogP contribution in [0, 0.1) is 17.8 Å². The van der Waals surface area contributed by atoms with Crippen LogP contribution in [-0.2, 0) is 10.0 Å². The third-order valence-corrected chi connectivity index (χ3v) is 7.36. The molecule has 0 aliphatic carbocycles. The number of aliphatic hydroxyl groups is 1.